The first-order valence-corrected chi connectivity index (χ1v) is 5.84. The number of carboxylic acids is 1. The number of aliphatic hydroxyl groups excluding tert-OH is 2. The Morgan fingerprint density at radius 2 is 2.00 bits per heavy atom. The average molecular weight is 278 g/mol. The van der Waals surface area contributed by atoms with Crippen molar-refractivity contribution < 1.29 is 20.1 Å². The second-order valence-corrected chi connectivity index (χ2v) is 4.23. The quantitative estimate of drug-likeness (QED) is 0.545. The summed E-state index contributed by atoms with van der Waals surface area (Å²) in [4.78, 5) is 11.2. The van der Waals surface area contributed by atoms with Gasteiger partial charge in [0.1, 0.15) is 5.69 Å². The first-order chi connectivity index (χ1) is 9.52. The Morgan fingerprint density at radius 1 is 1.35 bits per heavy atom. The van der Waals surface area contributed by atoms with Gasteiger partial charge < -0.3 is 21.1 Å². The molecule has 106 valence electrons. The van der Waals surface area contributed by atoms with Crippen molar-refractivity contribution in [1.82, 2.24) is 15.0 Å². The molecule has 0 saturated carbocycles. The van der Waals surface area contributed by atoms with Crippen LogP contribution in [0.3, 0.4) is 0 Å². The predicted molar refractivity (Wildman–Crippen MR) is 69.9 cm³/mol. The van der Waals surface area contributed by atoms with E-state index in [-0.39, 0.29) is 17.9 Å². The summed E-state index contributed by atoms with van der Waals surface area (Å²) in [5, 5.41) is 34.8. The second-order valence-electron chi connectivity index (χ2n) is 4.23. The van der Waals surface area contributed by atoms with Crippen LogP contribution in [-0.2, 0) is 6.54 Å². The highest BCUT2D eigenvalue weighted by Gasteiger charge is 2.21. The van der Waals surface area contributed by atoms with E-state index in [1.165, 1.54) is 4.68 Å². The number of aliphatic hydroxyl groups is 2. The Bertz CT molecular complexity index is 608. The molecule has 0 fully saturated rings. The van der Waals surface area contributed by atoms with E-state index in [2.05, 4.69) is 10.3 Å². The van der Waals surface area contributed by atoms with Crippen molar-refractivity contribution in [3.05, 3.63) is 30.0 Å². The third-order valence-electron chi connectivity index (χ3n) is 2.72. The van der Waals surface area contributed by atoms with Crippen LogP contribution in [0.2, 0.25) is 0 Å². The zero-order valence-corrected chi connectivity index (χ0v) is 10.5. The van der Waals surface area contributed by atoms with Crippen LogP contribution in [0.25, 0.3) is 11.3 Å². The van der Waals surface area contributed by atoms with E-state index >= 15 is 0 Å². The topological polar surface area (TPSA) is 134 Å². The summed E-state index contributed by atoms with van der Waals surface area (Å²) < 4.78 is 1.25. The Hall–Kier alpha value is -2.45. The highest BCUT2D eigenvalue weighted by Crippen LogP contribution is 2.23. The third-order valence-corrected chi connectivity index (χ3v) is 2.72. The summed E-state index contributed by atoms with van der Waals surface area (Å²) >= 11 is 0. The number of benzene rings is 1. The molecular formula is C12H14N4O4. The Kier molecular flexibility index (Phi) is 3.97. The second kappa shape index (κ2) is 5.68. The van der Waals surface area contributed by atoms with Crippen molar-refractivity contribution in [3.63, 3.8) is 0 Å². The van der Waals surface area contributed by atoms with Gasteiger partial charge in [0.15, 0.2) is 5.69 Å². The molecule has 1 atom stereocenters. The zero-order valence-electron chi connectivity index (χ0n) is 10.5. The zero-order chi connectivity index (χ0) is 14.7. The predicted octanol–water partition coefficient (Wildman–Crippen LogP) is -0.421. The van der Waals surface area contributed by atoms with Crippen LogP contribution in [-0.4, -0.2) is 49.0 Å². The Labute approximate surface area is 114 Å². The SMILES string of the molecule is Nc1ccc(-c2c(C(=O)O)nnn2CC(O)CO)cc1. The molecule has 1 heterocycles. The molecule has 0 aliphatic carbocycles. The minimum absolute atomic E-state index is 0.0590. The van der Waals surface area contributed by atoms with Gasteiger partial charge in [-0.1, -0.05) is 17.3 Å². The standard InChI is InChI=1S/C12H14N4O4/c13-8-3-1-7(2-4-8)11-10(12(19)20)14-15-16(11)5-9(18)6-17/h1-4,9,17-18H,5-6,13H2,(H,19,20). The van der Waals surface area contributed by atoms with E-state index in [4.69, 9.17) is 15.9 Å². The largest absolute Gasteiger partial charge is 0.476 e. The van der Waals surface area contributed by atoms with Crippen molar-refractivity contribution in [2.45, 2.75) is 12.6 Å². The molecule has 0 aliphatic rings. The van der Waals surface area contributed by atoms with Gasteiger partial charge in [0.2, 0.25) is 0 Å². The van der Waals surface area contributed by atoms with Crippen LogP contribution in [0.5, 0.6) is 0 Å². The lowest BCUT2D eigenvalue weighted by molar-refractivity contribution is 0.0690. The molecule has 0 saturated heterocycles. The first kappa shape index (κ1) is 14.0. The molecule has 5 N–H and O–H groups in total. The van der Waals surface area contributed by atoms with Gasteiger partial charge in [0.05, 0.1) is 19.3 Å². The Morgan fingerprint density at radius 3 is 2.55 bits per heavy atom. The summed E-state index contributed by atoms with van der Waals surface area (Å²) in [5.74, 6) is -1.22. The summed E-state index contributed by atoms with van der Waals surface area (Å²) in [6.45, 7) is -0.514. The number of hydrogen-bond acceptors (Lipinski definition) is 6. The minimum Gasteiger partial charge on any atom is -0.476 e. The molecule has 0 aliphatic heterocycles. The number of aromatic carboxylic acids is 1. The van der Waals surface area contributed by atoms with E-state index in [1.54, 1.807) is 24.3 Å². The van der Waals surface area contributed by atoms with Gasteiger partial charge in [-0.15, -0.1) is 5.10 Å². The molecule has 8 nitrogen and oxygen atoms in total. The van der Waals surface area contributed by atoms with Crippen molar-refractivity contribution in [1.29, 1.82) is 0 Å². The third kappa shape index (κ3) is 2.76. The molecular weight excluding hydrogens is 264 g/mol. The first-order valence-electron chi connectivity index (χ1n) is 5.84. The molecule has 20 heavy (non-hydrogen) atoms. The Balaban J connectivity index is 2.49. The number of nitrogens with zero attached hydrogens (tertiary/aromatic N) is 3. The number of anilines is 1. The monoisotopic (exact) mass is 278 g/mol. The molecule has 1 aromatic heterocycles. The molecule has 2 aromatic rings. The lowest BCUT2D eigenvalue weighted by atomic mass is 10.1. The van der Waals surface area contributed by atoms with Gasteiger partial charge >= 0.3 is 5.97 Å². The smallest absolute Gasteiger partial charge is 0.358 e. The number of rotatable bonds is 5. The van der Waals surface area contributed by atoms with Gasteiger partial charge in [-0.25, -0.2) is 9.48 Å². The van der Waals surface area contributed by atoms with E-state index in [0.29, 0.717) is 11.3 Å². The normalized spacial score (nSPS) is 12.3. The lowest BCUT2D eigenvalue weighted by Gasteiger charge is -2.10. The summed E-state index contributed by atoms with van der Waals surface area (Å²) in [7, 11) is 0. The van der Waals surface area contributed by atoms with E-state index in [9.17, 15) is 9.90 Å². The maximum atomic E-state index is 11.2. The van der Waals surface area contributed by atoms with Crippen molar-refractivity contribution in [2.24, 2.45) is 0 Å². The summed E-state index contributed by atoms with van der Waals surface area (Å²) in [6, 6.07) is 6.53. The van der Waals surface area contributed by atoms with Gasteiger partial charge in [0.25, 0.3) is 0 Å². The van der Waals surface area contributed by atoms with Gasteiger partial charge in [-0.2, -0.15) is 0 Å². The number of carbonyl (C=O) groups is 1. The van der Waals surface area contributed by atoms with Crippen LogP contribution >= 0.6 is 0 Å². The van der Waals surface area contributed by atoms with Crippen molar-refractivity contribution in [3.8, 4) is 11.3 Å². The maximum absolute atomic E-state index is 11.2. The molecule has 8 heteroatoms. The summed E-state index contributed by atoms with van der Waals surface area (Å²) in [5.41, 5.74) is 6.73. The fourth-order valence-electron chi connectivity index (χ4n) is 1.77. The number of nitrogens with two attached hydrogens (primary N) is 1. The molecule has 2 rings (SSSR count). The lowest BCUT2D eigenvalue weighted by Crippen LogP contribution is -2.21. The molecule has 0 amide bonds. The number of carboxylic acid groups (broad SMARTS) is 1. The van der Waals surface area contributed by atoms with Crippen LogP contribution in [0.15, 0.2) is 24.3 Å². The molecule has 0 bridgehead atoms. The molecule has 0 radical (unpaired) electrons. The van der Waals surface area contributed by atoms with E-state index in [0.717, 1.165) is 0 Å². The number of aromatic nitrogens is 3. The highest BCUT2D eigenvalue weighted by molar-refractivity contribution is 5.92. The van der Waals surface area contributed by atoms with Crippen LogP contribution in [0.4, 0.5) is 5.69 Å². The maximum Gasteiger partial charge on any atom is 0.358 e. The van der Waals surface area contributed by atoms with Gasteiger partial charge in [0, 0.05) is 11.3 Å². The van der Waals surface area contributed by atoms with Crippen molar-refractivity contribution in [2.75, 3.05) is 12.3 Å². The molecule has 0 spiro atoms. The summed E-state index contributed by atoms with van der Waals surface area (Å²) in [6.07, 6.45) is -1.05. The molecule has 1 unspecified atom stereocenters. The minimum atomic E-state index is -1.22. The van der Waals surface area contributed by atoms with Gasteiger partial charge in [-0.05, 0) is 12.1 Å². The van der Waals surface area contributed by atoms with Crippen LogP contribution in [0, 0.1) is 0 Å². The van der Waals surface area contributed by atoms with E-state index < -0.39 is 18.7 Å². The van der Waals surface area contributed by atoms with Crippen molar-refractivity contribution >= 4 is 11.7 Å². The fourth-order valence-corrected chi connectivity index (χ4v) is 1.77. The fraction of sp³-hybridized carbons (Fsp3) is 0.250. The average Bonchev–Trinajstić information content (AvgIpc) is 2.83. The van der Waals surface area contributed by atoms with Crippen LogP contribution in [0.1, 0.15) is 10.5 Å². The van der Waals surface area contributed by atoms with E-state index in [1.807, 2.05) is 0 Å². The van der Waals surface area contributed by atoms with Gasteiger partial charge in [-0.3, -0.25) is 0 Å². The molecule has 1 aromatic carbocycles. The number of hydrogen-bond donors (Lipinski definition) is 4. The van der Waals surface area contributed by atoms with Crippen LogP contribution < -0.4 is 5.73 Å². The highest BCUT2D eigenvalue weighted by atomic mass is 16.4. The number of nitrogen functional groups attached to an aromatic ring is 1.